The van der Waals surface area contributed by atoms with Gasteiger partial charge in [-0.2, -0.15) is 0 Å². The van der Waals surface area contributed by atoms with Crippen molar-refractivity contribution in [2.75, 3.05) is 5.75 Å². The third kappa shape index (κ3) is 3.36. The van der Waals surface area contributed by atoms with Gasteiger partial charge in [-0.1, -0.05) is 19.1 Å². The molecule has 0 aliphatic carbocycles. The van der Waals surface area contributed by atoms with E-state index in [1.807, 2.05) is 6.92 Å². The van der Waals surface area contributed by atoms with Crippen LogP contribution in [0.4, 0.5) is 4.39 Å². The van der Waals surface area contributed by atoms with Crippen LogP contribution in [0.15, 0.2) is 29.2 Å². The summed E-state index contributed by atoms with van der Waals surface area (Å²) >= 11 is 1.35. The van der Waals surface area contributed by atoms with E-state index in [0.717, 1.165) is 0 Å². The van der Waals surface area contributed by atoms with Gasteiger partial charge in [0.25, 0.3) is 0 Å². The van der Waals surface area contributed by atoms with Gasteiger partial charge in [-0.3, -0.25) is 0 Å². The van der Waals surface area contributed by atoms with E-state index in [0.29, 0.717) is 17.1 Å². The van der Waals surface area contributed by atoms with Gasteiger partial charge in [0, 0.05) is 10.6 Å². The average molecular weight is 200 g/mol. The first-order chi connectivity index (χ1) is 6.24. The first kappa shape index (κ1) is 10.5. The molecule has 1 nitrogen and oxygen atoms in total. The molecule has 1 unspecified atom stereocenters. The van der Waals surface area contributed by atoms with Crippen molar-refractivity contribution in [3.8, 4) is 0 Å². The standard InChI is InChI=1S/C10H13FOS/c1-2-8(12)7-13-10-6-4-3-5-9(10)11/h3-6,8,12H,2,7H2,1H3. The summed E-state index contributed by atoms with van der Waals surface area (Å²) in [5.74, 6) is 0.341. The van der Waals surface area contributed by atoms with Gasteiger partial charge < -0.3 is 5.11 Å². The molecule has 0 aromatic heterocycles. The smallest absolute Gasteiger partial charge is 0.136 e. The highest BCUT2D eigenvalue weighted by Gasteiger charge is 2.04. The zero-order valence-corrected chi connectivity index (χ0v) is 8.35. The van der Waals surface area contributed by atoms with Crippen molar-refractivity contribution in [1.82, 2.24) is 0 Å². The van der Waals surface area contributed by atoms with E-state index in [-0.39, 0.29) is 11.9 Å². The van der Waals surface area contributed by atoms with Gasteiger partial charge in [-0.15, -0.1) is 11.8 Å². The molecule has 72 valence electrons. The molecule has 1 aromatic rings. The lowest BCUT2D eigenvalue weighted by molar-refractivity contribution is 0.195. The van der Waals surface area contributed by atoms with E-state index in [9.17, 15) is 9.50 Å². The molecular formula is C10H13FOS. The quantitative estimate of drug-likeness (QED) is 0.754. The Hall–Kier alpha value is -0.540. The summed E-state index contributed by atoms with van der Waals surface area (Å²) in [6.07, 6.45) is 0.367. The zero-order valence-electron chi connectivity index (χ0n) is 7.53. The van der Waals surface area contributed by atoms with Gasteiger partial charge in [0.1, 0.15) is 5.82 Å². The highest BCUT2D eigenvalue weighted by atomic mass is 32.2. The summed E-state index contributed by atoms with van der Waals surface area (Å²) < 4.78 is 13.0. The molecule has 0 bridgehead atoms. The third-order valence-corrected chi connectivity index (χ3v) is 2.93. The first-order valence-electron chi connectivity index (χ1n) is 4.29. The molecule has 0 amide bonds. The van der Waals surface area contributed by atoms with Crippen molar-refractivity contribution in [2.45, 2.75) is 24.3 Å². The van der Waals surface area contributed by atoms with E-state index in [1.165, 1.54) is 17.8 Å². The van der Waals surface area contributed by atoms with Crippen molar-refractivity contribution in [1.29, 1.82) is 0 Å². The average Bonchev–Trinajstić information content (AvgIpc) is 2.16. The van der Waals surface area contributed by atoms with Crippen molar-refractivity contribution in [3.63, 3.8) is 0 Å². The Kier molecular flexibility index (Phi) is 4.25. The molecule has 0 radical (unpaired) electrons. The molecule has 1 N–H and O–H groups in total. The monoisotopic (exact) mass is 200 g/mol. The van der Waals surface area contributed by atoms with E-state index < -0.39 is 0 Å². The Balaban J connectivity index is 2.50. The van der Waals surface area contributed by atoms with E-state index in [1.54, 1.807) is 18.2 Å². The summed E-state index contributed by atoms with van der Waals surface area (Å²) in [5, 5.41) is 9.27. The molecule has 0 heterocycles. The minimum atomic E-state index is -0.343. The van der Waals surface area contributed by atoms with Gasteiger partial charge in [0.15, 0.2) is 0 Å². The number of aliphatic hydroxyl groups is 1. The fourth-order valence-corrected chi connectivity index (χ4v) is 1.85. The Morgan fingerprint density at radius 1 is 1.46 bits per heavy atom. The molecular weight excluding hydrogens is 187 g/mol. The number of rotatable bonds is 4. The molecule has 1 aromatic carbocycles. The second-order valence-corrected chi connectivity index (χ2v) is 3.87. The normalized spacial score (nSPS) is 12.8. The Bertz CT molecular complexity index is 265. The van der Waals surface area contributed by atoms with Gasteiger partial charge in [-0.25, -0.2) is 4.39 Å². The maximum Gasteiger partial charge on any atom is 0.136 e. The lowest BCUT2D eigenvalue weighted by Gasteiger charge is -2.07. The predicted molar refractivity (Wildman–Crippen MR) is 53.4 cm³/mol. The second kappa shape index (κ2) is 5.25. The van der Waals surface area contributed by atoms with E-state index in [2.05, 4.69) is 0 Å². The van der Waals surface area contributed by atoms with Gasteiger partial charge in [0.05, 0.1) is 6.10 Å². The third-order valence-electron chi connectivity index (χ3n) is 1.74. The number of benzene rings is 1. The Labute approximate surface area is 82.0 Å². The van der Waals surface area contributed by atoms with Crippen LogP contribution in [0.25, 0.3) is 0 Å². The molecule has 1 rings (SSSR count). The van der Waals surface area contributed by atoms with Crippen molar-refractivity contribution in [2.24, 2.45) is 0 Å². The zero-order chi connectivity index (χ0) is 9.68. The van der Waals surface area contributed by atoms with Gasteiger partial charge in [-0.05, 0) is 18.6 Å². The highest BCUT2D eigenvalue weighted by molar-refractivity contribution is 7.99. The summed E-state index contributed by atoms with van der Waals surface area (Å²) in [6.45, 7) is 1.91. The largest absolute Gasteiger partial charge is 0.392 e. The second-order valence-electron chi connectivity index (χ2n) is 2.80. The fourth-order valence-electron chi connectivity index (χ4n) is 0.866. The molecule has 1 atom stereocenters. The minimum absolute atomic E-state index is 0.212. The van der Waals surface area contributed by atoms with Crippen molar-refractivity contribution < 1.29 is 9.50 Å². The lowest BCUT2D eigenvalue weighted by Crippen LogP contribution is -2.07. The summed E-state index contributed by atoms with van der Waals surface area (Å²) in [6, 6.07) is 6.61. The first-order valence-corrected chi connectivity index (χ1v) is 5.28. The molecule has 0 aliphatic heterocycles. The van der Waals surface area contributed by atoms with Crippen LogP contribution >= 0.6 is 11.8 Å². The number of hydrogen-bond acceptors (Lipinski definition) is 2. The van der Waals surface area contributed by atoms with Crippen LogP contribution < -0.4 is 0 Å². The van der Waals surface area contributed by atoms with Crippen molar-refractivity contribution in [3.05, 3.63) is 30.1 Å². The highest BCUT2D eigenvalue weighted by Crippen LogP contribution is 2.22. The van der Waals surface area contributed by atoms with Gasteiger partial charge in [0.2, 0.25) is 0 Å². The van der Waals surface area contributed by atoms with E-state index >= 15 is 0 Å². The van der Waals surface area contributed by atoms with Crippen LogP contribution in [0, 0.1) is 5.82 Å². The maximum absolute atomic E-state index is 13.0. The van der Waals surface area contributed by atoms with Crippen LogP contribution in [0.1, 0.15) is 13.3 Å². The van der Waals surface area contributed by atoms with Crippen LogP contribution in [0.5, 0.6) is 0 Å². The maximum atomic E-state index is 13.0. The van der Waals surface area contributed by atoms with Crippen LogP contribution in [0.3, 0.4) is 0 Å². The van der Waals surface area contributed by atoms with Crippen LogP contribution in [-0.4, -0.2) is 17.0 Å². The Morgan fingerprint density at radius 3 is 2.77 bits per heavy atom. The molecule has 0 fully saturated rings. The number of hydrogen-bond donors (Lipinski definition) is 1. The molecule has 0 spiro atoms. The summed E-state index contributed by atoms with van der Waals surface area (Å²) in [4.78, 5) is 0.606. The summed E-state index contributed by atoms with van der Waals surface area (Å²) in [7, 11) is 0. The lowest BCUT2D eigenvalue weighted by atomic mass is 10.3. The predicted octanol–water partition coefficient (Wildman–Crippen LogP) is 2.69. The topological polar surface area (TPSA) is 20.2 Å². The molecule has 0 saturated heterocycles. The number of aliphatic hydroxyl groups excluding tert-OH is 1. The molecule has 0 saturated carbocycles. The van der Waals surface area contributed by atoms with E-state index in [4.69, 9.17) is 0 Å². The molecule has 3 heteroatoms. The number of halogens is 1. The van der Waals surface area contributed by atoms with Crippen LogP contribution in [-0.2, 0) is 0 Å². The minimum Gasteiger partial charge on any atom is -0.392 e. The summed E-state index contributed by atoms with van der Waals surface area (Å²) in [5.41, 5.74) is 0. The van der Waals surface area contributed by atoms with Gasteiger partial charge >= 0.3 is 0 Å². The number of thioether (sulfide) groups is 1. The SMILES string of the molecule is CCC(O)CSc1ccccc1F. The molecule has 13 heavy (non-hydrogen) atoms. The van der Waals surface area contributed by atoms with Crippen LogP contribution in [0.2, 0.25) is 0 Å². The van der Waals surface area contributed by atoms with Crippen molar-refractivity contribution >= 4 is 11.8 Å². The molecule has 0 aliphatic rings. The Morgan fingerprint density at radius 2 is 2.15 bits per heavy atom. The fraction of sp³-hybridized carbons (Fsp3) is 0.400.